The molecule has 0 radical (unpaired) electrons. The van der Waals surface area contributed by atoms with E-state index in [2.05, 4.69) is 16.3 Å². The highest BCUT2D eigenvalue weighted by Crippen LogP contribution is 2.42. The van der Waals surface area contributed by atoms with Gasteiger partial charge in [-0.15, -0.1) is 12.4 Å². The SMILES string of the molecule is COc1ccc(CN2CCC3(CCN(CCC(NC(=O)C4CCCCC4)c4ccccc4OC)CC3)C2=O)cc1.Cl. The molecule has 1 aliphatic carbocycles. The van der Waals surface area contributed by atoms with Gasteiger partial charge in [-0.3, -0.25) is 9.59 Å². The van der Waals surface area contributed by atoms with Crippen molar-refractivity contribution in [3.8, 4) is 11.5 Å². The van der Waals surface area contributed by atoms with E-state index in [0.717, 1.165) is 100 Å². The van der Waals surface area contributed by atoms with Crippen LogP contribution in [0.2, 0.25) is 0 Å². The maximum Gasteiger partial charge on any atom is 0.229 e. The maximum atomic E-state index is 13.5. The molecule has 2 aliphatic heterocycles. The molecule has 0 aromatic heterocycles. The lowest BCUT2D eigenvalue weighted by Crippen LogP contribution is -2.45. The van der Waals surface area contributed by atoms with Crippen LogP contribution in [0.4, 0.5) is 0 Å². The number of hydrogen-bond donors (Lipinski definition) is 1. The van der Waals surface area contributed by atoms with Crippen LogP contribution >= 0.6 is 12.4 Å². The van der Waals surface area contributed by atoms with Crippen molar-refractivity contribution in [2.45, 2.75) is 70.4 Å². The Morgan fingerprint density at radius 1 is 0.951 bits per heavy atom. The summed E-state index contributed by atoms with van der Waals surface area (Å²) in [5.74, 6) is 2.27. The van der Waals surface area contributed by atoms with E-state index >= 15 is 0 Å². The molecule has 3 fully saturated rings. The van der Waals surface area contributed by atoms with Gasteiger partial charge in [-0.1, -0.05) is 49.6 Å². The Morgan fingerprint density at radius 3 is 2.32 bits per heavy atom. The quantitative estimate of drug-likeness (QED) is 0.385. The van der Waals surface area contributed by atoms with E-state index in [-0.39, 0.29) is 35.7 Å². The van der Waals surface area contributed by atoms with Crippen LogP contribution in [0.5, 0.6) is 11.5 Å². The fourth-order valence-corrected chi connectivity index (χ4v) is 6.89. The van der Waals surface area contributed by atoms with Crippen molar-refractivity contribution in [3.05, 3.63) is 59.7 Å². The molecule has 0 bridgehead atoms. The molecule has 8 heteroatoms. The molecule has 2 amide bonds. The number of likely N-dealkylation sites (tertiary alicyclic amines) is 2. The summed E-state index contributed by atoms with van der Waals surface area (Å²) in [6.07, 6.45) is 9.06. The van der Waals surface area contributed by atoms with Crippen molar-refractivity contribution >= 4 is 24.2 Å². The third-order valence-corrected chi connectivity index (χ3v) is 9.49. The number of benzene rings is 2. The first-order chi connectivity index (χ1) is 19.5. The van der Waals surface area contributed by atoms with Gasteiger partial charge in [0.1, 0.15) is 11.5 Å². The number of hydrogen-bond acceptors (Lipinski definition) is 5. The topological polar surface area (TPSA) is 71.1 Å². The Hall–Kier alpha value is -2.77. The smallest absolute Gasteiger partial charge is 0.229 e. The van der Waals surface area contributed by atoms with Crippen LogP contribution in [0.25, 0.3) is 0 Å². The molecule has 1 atom stereocenters. The van der Waals surface area contributed by atoms with Crippen LogP contribution < -0.4 is 14.8 Å². The number of piperidine rings is 1. The molecule has 2 saturated heterocycles. The minimum Gasteiger partial charge on any atom is -0.497 e. The molecule has 1 saturated carbocycles. The molecule has 2 aromatic rings. The van der Waals surface area contributed by atoms with Crippen LogP contribution in [-0.2, 0) is 16.1 Å². The number of methoxy groups -OCH3 is 2. The molecule has 41 heavy (non-hydrogen) atoms. The molecular weight excluding hydrogens is 538 g/mol. The van der Waals surface area contributed by atoms with Gasteiger partial charge in [0.05, 0.1) is 25.7 Å². The summed E-state index contributed by atoms with van der Waals surface area (Å²) in [6.45, 7) is 4.20. The molecule has 3 aliphatic rings. The van der Waals surface area contributed by atoms with Gasteiger partial charge < -0.3 is 24.6 Å². The summed E-state index contributed by atoms with van der Waals surface area (Å²) in [5.41, 5.74) is 1.96. The number of nitrogens with one attached hydrogen (secondary N) is 1. The van der Waals surface area contributed by atoms with Gasteiger partial charge in [0.25, 0.3) is 0 Å². The van der Waals surface area contributed by atoms with E-state index in [0.29, 0.717) is 12.5 Å². The normalized spacial score (nSPS) is 20.0. The van der Waals surface area contributed by atoms with Gasteiger partial charge in [-0.2, -0.15) is 0 Å². The number of amides is 2. The Labute approximate surface area is 251 Å². The van der Waals surface area contributed by atoms with E-state index in [1.165, 1.54) is 6.42 Å². The number of rotatable bonds is 10. The minimum atomic E-state index is -0.222. The molecule has 224 valence electrons. The molecule has 7 nitrogen and oxygen atoms in total. The number of para-hydroxylation sites is 1. The van der Waals surface area contributed by atoms with Crippen LogP contribution in [0.1, 0.15) is 75.0 Å². The zero-order valence-electron chi connectivity index (χ0n) is 24.6. The average molecular weight is 584 g/mol. The van der Waals surface area contributed by atoms with Crippen molar-refractivity contribution < 1.29 is 19.1 Å². The number of ether oxygens (including phenoxy) is 2. The Kier molecular flexibility index (Phi) is 11.0. The summed E-state index contributed by atoms with van der Waals surface area (Å²) in [6, 6.07) is 16.0. The van der Waals surface area contributed by atoms with Crippen LogP contribution in [0, 0.1) is 11.3 Å². The van der Waals surface area contributed by atoms with Crippen molar-refractivity contribution in [3.63, 3.8) is 0 Å². The van der Waals surface area contributed by atoms with Crippen molar-refractivity contribution in [2.24, 2.45) is 11.3 Å². The van der Waals surface area contributed by atoms with Crippen LogP contribution in [0.15, 0.2) is 48.5 Å². The fraction of sp³-hybridized carbons (Fsp3) is 0.576. The minimum absolute atomic E-state index is 0. The molecule has 1 N–H and O–H groups in total. The first-order valence-electron chi connectivity index (χ1n) is 15.1. The predicted molar refractivity (Wildman–Crippen MR) is 163 cm³/mol. The van der Waals surface area contributed by atoms with Gasteiger partial charge in [0, 0.05) is 31.1 Å². The maximum absolute atomic E-state index is 13.5. The monoisotopic (exact) mass is 583 g/mol. The second kappa shape index (κ2) is 14.4. The number of nitrogens with zero attached hydrogens (tertiary/aromatic N) is 2. The molecular formula is C33H46ClN3O4. The fourth-order valence-electron chi connectivity index (χ4n) is 6.89. The van der Waals surface area contributed by atoms with Gasteiger partial charge in [0.15, 0.2) is 0 Å². The Bertz CT molecular complexity index is 1140. The molecule has 2 aromatic carbocycles. The van der Waals surface area contributed by atoms with Crippen molar-refractivity contribution in [2.75, 3.05) is 40.4 Å². The highest BCUT2D eigenvalue weighted by atomic mass is 35.5. The standard InChI is InChI=1S/C33H45N3O4.ClH/c1-39-27-14-12-25(13-15-27)24-36-23-19-33(32(36)38)17-21-35(22-18-33)20-16-29(28-10-6-7-11-30(28)40-2)34-31(37)26-8-4-3-5-9-26;/h6-7,10-15,26,29H,3-5,8-9,16-24H2,1-2H3,(H,34,37);1H. The number of carbonyl (C=O) groups excluding carboxylic acids is 2. The number of carbonyl (C=O) groups is 2. The lowest BCUT2D eigenvalue weighted by molar-refractivity contribution is -0.139. The van der Waals surface area contributed by atoms with E-state index in [4.69, 9.17) is 9.47 Å². The number of halogens is 1. The zero-order valence-corrected chi connectivity index (χ0v) is 25.4. The van der Waals surface area contributed by atoms with Gasteiger partial charge >= 0.3 is 0 Å². The average Bonchev–Trinajstić information content (AvgIpc) is 3.30. The summed E-state index contributed by atoms with van der Waals surface area (Å²) < 4.78 is 10.9. The predicted octanol–water partition coefficient (Wildman–Crippen LogP) is 5.77. The third-order valence-electron chi connectivity index (χ3n) is 9.49. The lowest BCUT2D eigenvalue weighted by atomic mass is 9.77. The molecule has 5 rings (SSSR count). The lowest BCUT2D eigenvalue weighted by Gasteiger charge is -2.38. The van der Waals surface area contributed by atoms with Gasteiger partial charge in [0.2, 0.25) is 11.8 Å². The first kappa shape index (κ1) is 31.2. The zero-order chi connectivity index (χ0) is 28.0. The van der Waals surface area contributed by atoms with Crippen LogP contribution in [-0.4, -0.2) is 62.0 Å². The van der Waals surface area contributed by atoms with E-state index in [1.807, 2.05) is 47.4 Å². The summed E-state index contributed by atoms with van der Waals surface area (Å²) >= 11 is 0. The third kappa shape index (κ3) is 7.36. The van der Waals surface area contributed by atoms with E-state index < -0.39 is 0 Å². The van der Waals surface area contributed by atoms with Crippen molar-refractivity contribution in [1.29, 1.82) is 0 Å². The molecule has 1 spiro atoms. The van der Waals surface area contributed by atoms with Gasteiger partial charge in [-0.25, -0.2) is 0 Å². The van der Waals surface area contributed by atoms with Crippen molar-refractivity contribution in [1.82, 2.24) is 15.1 Å². The summed E-state index contributed by atoms with van der Waals surface area (Å²) in [4.78, 5) is 31.3. The summed E-state index contributed by atoms with van der Waals surface area (Å²) in [7, 11) is 3.36. The Balaban J connectivity index is 0.00000387. The van der Waals surface area contributed by atoms with Gasteiger partial charge in [-0.05, 0) is 75.4 Å². The first-order valence-corrected chi connectivity index (χ1v) is 15.1. The second-order valence-electron chi connectivity index (χ2n) is 11.9. The van der Waals surface area contributed by atoms with E-state index in [1.54, 1.807) is 14.2 Å². The molecule has 1 unspecified atom stereocenters. The molecule has 2 heterocycles. The highest BCUT2D eigenvalue weighted by molar-refractivity contribution is 5.85. The second-order valence-corrected chi connectivity index (χ2v) is 11.9. The highest BCUT2D eigenvalue weighted by Gasteiger charge is 2.47. The van der Waals surface area contributed by atoms with E-state index in [9.17, 15) is 9.59 Å². The summed E-state index contributed by atoms with van der Waals surface area (Å²) in [5, 5.41) is 3.39. The Morgan fingerprint density at radius 2 is 1.63 bits per heavy atom. The van der Waals surface area contributed by atoms with Crippen LogP contribution in [0.3, 0.4) is 0 Å². The largest absolute Gasteiger partial charge is 0.497 e.